The van der Waals surface area contributed by atoms with Crippen molar-refractivity contribution in [3.05, 3.63) is 29.3 Å². The van der Waals surface area contributed by atoms with Crippen molar-refractivity contribution in [2.45, 2.75) is 6.04 Å². The average Bonchev–Trinajstić information content (AvgIpc) is 2.46. The van der Waals surface area contributed by atoms with Crippen molar-refractivity contribution in [3.8, 4) is 6.07 Å². The molecule has 1 aromatic carbocycles. The maximum absolute atomic E-state index is 11.4. The maximum Gasteiger partial charge on any atom is 0.242 e. The van der Waals surface area contributed by atoms with Crippen LogP contribution in [0.3, 0.4) is 0 Å². The van der Waals surface area contributed by atoms with Crippen LogP contribution >= 0.6 is 0 Å². The van der Waals surface area contributed by atoms with Gasteiger partial charge in [-0.2, -0.15) is 5.26 Å². The Balaban J connectivity index is 2.41. The molecule has 0 bridgehead atoms. The first-order valence-electron chi connectivity index (χ1n) is 5.80. The number of nitrogens with two attached hydrogens (primary N) is 1. The van der Waals surface area contributed by atoms with E-state index >= 15 is 0 Å². The predicted molar refractivity (Wildman–Crippen MR) is 67.7 cm³/mol. The molecule has 1 aromatic rings. The molecule has 1 amide bonds. The topological polar surface area (TPSA) is 96.4 Å². The molecular formula is C13H13N3O3. The standard InChI is InChI=1S/C13H13N3O3/c14-6-10-5-9(7-17)1-2-11(10)16-3-4-19-8-12(16)13(15)18/h1-2,5,7,12H,3-4,8H2,(H2,15,18). The molecular weight excluding hydrogens is 246 g/mol. The summed E-state index contributed by atoms with van der Waals surface area (Å²) in [7, 11) is 0. The Hall–Kier alpha value is -2.39. The van der Waals surface area contributed by atoms with E-state index in [1.165, 1.54) is 6.07 Å². The van der Waals surface area contributed by atoms with Crippen molar-refractivity contribution in [2.75, 3.05) is 24.7 Å². The van der Waals surface area contributed by atoms with E-state index in [0.29, 0.717) is 36.3 Å². The number of anilines is 1. The van der Waals surface area contributed by atoms with Crippen LogP contribution in [-0.2, 0) is 9.53 Å². The molecule has 6 nitrogen and oxygen atoms in total. The number of rotatable bonds is 3. The maximum atomic E-state index is 11.4. The molecule has 6 heteroatoms. The summed E-state index contributed by atoms with van der Waals surface area (Å²) in [5.74, 6) is -0.497. The molecule has 0 aromatic heterocycles. The number of morpholine rings is 1. The SMILES string of the molecule is N#Cc1cc(C=O)ccc1N1CCOCC1C(N)=O. The molecule has 2 rings (SSSR count). The first-order chi connectivity index (χ1) is 9.17. The van der Waals surface area contributed by atoms with Crippen molar-refractivity contribution in [2.24, 2.45) is 5.73 Å². The fourth-order valence-corrected chi connectivity index (χ4v) is 2.09. The van der Waals surface area contributed by atoms with E-state index in [0.717, 1.165) is 0 Å². The smallest absolute Gasteiger partial charge is 0.242 e. The minimum atomic E-state index is -0.595. The number of hydrogen-bond acceptors (Lipinski definition) is 5. The minimum Gasteiger partial charge on any atom is -0.377 e. The van der Waals surface area contributed by atoms with Crippen LogP contribution < -0.4 is 10.6 Å². The Kier molecular flexibility index (Phi) is 3.78. The summed E-state index contributed by atoms with van der Waals surface area (Å²) in [6.45, 7) is 1.14. The molecule has 1 fully saturated rings. The van der Waals surface area contributed by atoms with Crippen molar-refractivity contribution >= 4 is 17.9 Å². The summed E-state index contributed by atoms with van der Waals surface area (Å²) in [6.07, 6.45) is 0.676. The summed E-state index contributed by atoms with van der Waals surface area (Å²) >= 11 is 0. The predicted octanol–water partition coefficient (Wildman–Crippen LogP) is 0.0613. The van der Waals surface area contributed by atoms with E-state index in [1.807, 2.05) is 6.07 Å². The van der Waals surface area contributed by atoms with Crippen molar-refractivity contribution in [1.29, 1.82) is 5.26 Å². The molecule has 0 spiro atoms. The van der Waals surface area contributed by atoms with Gasteiger partial charge in [-0.1, -0.05) is 0 Å². The lowest BCUT2D eigenvalue weighted by atomic mass is 10.1. The van der Waals surface area contributed by atoms with Crippen LogP contribution in [0.4, 0.5) is 5.69 Å². The second-order valence-corrected chi connectivity index (χ2v) is 4.19. The zero-order valence-electron chi connectivity index (χ0n) is 10.2. The number of aldehydes is 1. The second-order valence-electron chi connectivity index (χ2n) is 4.19. The first kappa shape index (κ1) is 13.1. The highest BCUT2D eigenvalue weighted by Crippen LogP contribution is 2.24. The number of nitrogens with zero attached hydrogens (tertiary/aromatic N) is 2. The van der Waals surface area contributed by atoms with Crippen LogP contribution in [0, 0.1) is 11.3 Å². The summed E-state index contributed by atoms with van der Waals surface area (Å²) in [4.78, 5) is 23.9. The zero-order valence-corrected chi connectivity index (χ0v) is 10.2. The quantitative estimate of drug-likeness (QED) is 0.774. The average molecular weight is 259 g/mol. The molecule has 1 saturated heterocycles. The lowest BCUT2D eigenvalue weighted by Gasteiger charge is -2.35. The molecule has 19 heavy (non-hydrogen) atoms. The van der Waals surface area contributed by atoms with Crippen molar-refractivity contribution in [1.82, 2.24) is 0 Å². The van der Waals surface area contributed by atoms with Crippen LogP contribution in [0.1, 0.15) is 15.9 Å². The van der Waals surface area contributed by atoms with Gasteiger partial charge in [0.25, 0.3) is 0 Å². The van der Waals surface area contributed by atoms with Crippen LogP contribution in [0.15, 0.2) is 18.2 Å². The molecule has 0 radical (unpaired) electrons. The Morgan fingerprint density at radius 2 is 2.37 bits per heavy atom. The summed E-state index contributed by atoms with van der Waals surface area (Å²) < 4.78 is 5.23. The van der Waals surface area contributed by atoms with Crippen LogP contribution in [0.25, 0.3) is 0 Å². The van der Waals surface area contributed by atoms with Gasteiger partial charge in [0.15, 0.2) is 0 Å². The number of amides is 1. The number of hydrogen-bond donors (Lipinski definition) is 1. The minimum absolute atomic E-state index is 0.204. The van der Waals surface area contributed by atoms with Gasteiger partial charge in [-0.3, -0.25) is 9.59 Å². The van der Waals surface area contributed by atoms with Gasteiger partial charge in [-0.25, -0.2) is 0 Å². The molecule has 0 saturated carbocycles. The third kappa shape index (κ3) is 2.56. The molecule has 1 heterocycles. The van der Waals surface area contributed by atoms with E-state index in [4.69, 9.17) is 15.7 Å². The highest BCUT2D eigenvalue weighted by molar-refractivity contribution is 5.85. The number of carbonyl (C=O) groups is 2. The molecule has 2 N–H and O–H groups in total. The number of carbonyl (C=O) groups excluding carboxylic acids is 2. The number of nitriles is 1. The number of benzene rings is 1. The molecule has 1 atom stereocenters. The van der Waals surface area contributed by atoms with Crippen molar-refractivity contribution in [3.63, 3.8) is 0 Å². The fourth-order valence-electron chi connectivity index (χ4n) is 2.09. The van der Waals surface area contributed by atoms with Crippen LogP contribution in [0.2, 0.25) is 0 Å². The lowest BCUT2D eigenvalue weighted by Crippen LogP contribution is -2.52. The summed E-state index contributed by atoms with van der Waals surface area (Å²) in [6, 6.07) is 6.20. The van der Waals surface area contributed by atoms with E-state index in [1.54, 1.807) is 17.0 Å². The van der Waals surface area contributed by atoms with Gasteiger partial charge < -0.3 is 15.4 Å². The van der Waals surface area contributed by atoms with Gasteiger partial charge in [-0.05, 0) is 18.2 Å². The second kappa shape index (κ2) is 5.50. The Labute approximate surface area is 110 Å². The van der Waals surface area contributed by atoms with Crippen molar-refractivity contribution < 1.29 is 14.3 Å². The Bertz CT molecular complexity index is 551. The Morgan fingerprint density at radius 1 is 1.58 bits per heavy atom. The fraction of sp³-hybridized carbons (Fsp3) is 0.308. The van der Waals surface area contributed by atoms with Gasteiger partial charge in [-0.15, -0.1) is 0 Å². The van der Waals surface area contributed by atoms with Gasteiger partial charge in [0.1, 0.15) is 18.4 Å². The third-order valence-electron chi connectivity index (χ3n) is 3.04. The van der Waals surface area contributed by atoms with E-state index in [2.05, 4.69) is 0 Å². The largest absolute Gasteiger partial charge is 0.377 e. The zero-order chi connectivity index (χ0) is 13.8. The van der Waals surface area contributed by atoms with Gasteiger partial charge in [0.2, 0.25) is 5.91 Å². The molecule has 1 aliphatic heterocycles. The highest BCUT2D eigenvalue weighted by Gasteiger charge is 2.29. The third-order valence-corrected chi connectivity index (χ3v) is 3.04. The van der Waals surface area contributed by atoms with Gasteiger partial charge >= 0.3 is 0 Å². The van der Waals surface area contributed by atoms with Gasteiger partial charge in [0, 0.05) is 12.1 Å². The van der Waals surface area contributed by atoms with E-state index in [-0.39, 0.29) is 6.61 Å². The number of ether oxygens (including phenoxy) is 1. The molecule has 98 valence electrons. The molecule has 0 aliphatic carbocycles. The normalized spacial score (nSPS) is 18.7. The Morgan fingerprint density at radius 3 is 3.00 bits per heavy atom. The lowest BCUT2D eigenvalue weighted by molar-refractivity contribution is -0.121. The highest BCUT2D eigenvalue weighted by atomic mass is 16.5. The van der Waals surface area contributed by atoms with E-state index in [9.17, 15) is 9.59 Å². The molecule has 1 aliphatic rings. The van der Waals surface area contributed by atoms with Crippen LogP contribution in [0.5, 0.6) is 0 Å². The summed E-state index contributed by atoms with van der Waals surface area (Å²) in [5, 5.41) is 9.15. The van der Waals surface area contributed by atoms with Gasteiger partial charge in [0.05, 0.1) is 24.5 Å². The first-order valence-corrected chi connectivity index (χ1v) is 5.80. The monoisotopic (exact) mass is 259 g/mol. The van der Waals surface area contributed by atoms with Crippen LogP contribution in [-0.4, -0.2) is 38.0 Å². The number of primary amides is 1. The summed E-state index contributed by atoms with van der Waals surface area (Å²) in [5.41, 5.74) is 6.71. The van der Waals surface area contributed by atoms with E-state index < -0.39 is 11.9 Å². The molecule has 1 unspecified atom stereocenters.